The Morgan fingerprint density at radius 3 is 2.40 bits per heavy atom. The van der Waals surface area contributed by atoms with Gasteiger partial charge in [-0.1, -0.05) is 39.4 Å². The van der Waals surface area contributed by atoms with Gasteiger partial charge in [0.05, 0.1) is 6.10 Å². The maximum atomic E-state index is 9.87. The summed E-state index contributed by atoms with van der Waals surface area (Å²) >= 11 is 9.09. The van der Waals surface area contributed by atoms with E-state index in [2.05, 4.69) is 37.9 Å². The first-order valence-corrected chi connectivity index (χ1v) is 11.3. The van der Waals surface area contributed by atoms with Crippen LogP contribution in [0, 0.1) is 23.7 Å². The zero-order chi connectivity index (χ0) is 15.5. The van der Waals surface area contributed by atoms with Gasteiger partial charge in [-0.25, -0.2) is 0 Å². The van der Waals surface area contributed by atoms with Gasteiger partial charge in [0.1, 0.15) is 0 Å². The zero-order valence-electron chi connectivity index (χ0n) is 13.3. The summed E-state index contributed by atoms with van der Waals surface area (Å²) in [5, 5.41) is 0. The molecule has 120 valence electrons. The third kappa shape index (κ3) is 6.33. The van der Waals surface area contributed by atoms with Gasteiger partial charge in [0.15, 0.2) is 0 Å². The Morgan fingerprint density at radius 2 is 1.95 bits per heavy atom. The second kappa shape index (κ2) is 7.94. The minimum absolute atomic E-state index is 0.0199. The molecule has 1 aliphatic carbocycles. The first-order valence-electron chi connectivity index (χ1n) is 7.48. The fourth-order valence-electron chi connectivity index (χ4n) is 3.49. The molecule has 5 unspecified atom stereocenters. The molecule has 1 aliphatic rings. The van der Waals surface area contributed by atoms with Crippen LogP contribution in [0.5, 0.6) is 0 Å². The van der Waals surface area contributed by atoms with Crippen molar-refractivity contribution in [3.63, 3.8) is 0 Å². The third-order valence-corrected chi connectivity index (χ3v) is 5.46. The van der Waals surface area contributed by atoms with Crippen LogP contribution in [0.1, 0.15) is 40.0 Å². The third-order valence-electron chi connectivity index (χ3n) is 4.37. The largest absolute Gasteiger partial charge is 0.338 e. The molecular formula is C14H30NO2PS2. The molecule has 0 saturated heterocycles. The molecule has 5 atom stereocenters. The van der Waals surface area contributed by atoms with Crippen LogP contribution in [0.2, 0.25) is 0 Å². The number of nitrogens with zero attached hydrogens (tertiary/aromatic N) is 1. The Morgan fingerprint density at radius 1 is 1.35 bits per heavy atom. The number of thiol groups is 1. The Kier molecular flexibility index (Phi) is 7.51. The van der Waals surface area contributed by atoms with Crippen LogP contribution in [0.15, 0.2) is 0 Å². The Labute approximate surface area is 134 Å². The molecule has 6 heteroatoms. The number of rotatable bonds is 6. The molecular weight excluding hydrogens is 309 g/mol. The molecule has 0 bridgehead atoms. The second-order valence-corrected chi connectivity index (χ2v) is 12.0. The van der Waals surface area contributed by atoms with E-state index < -0.39 is 5.69 Å². The lowest BCUT2D eigenvalue weighted by atomic mass is 9.68. The summed E-state index contributed by atoms with van der Waals surface area (Å²) in [5.41, 5.74) is -2.92. The Hall–Kier alpha value is 0.880. The summed E-state index contributed by atoms with van der Waals surface area (Å²) < 4.78 is 5.82. The highest BCUT2D eigenvalue weighted by atomic mass is 32.9. The lowest BCUT2D eigenvalue weighted by Crippen LogP contribution is -2.41. The molecule has 20 heavy (non-hydrogen) atoms. The number of hydrogen-bond acceptors (Lipinski definition) is 3. The van der Waals surface area contributed by atoms with Gasteiger partial charge in [-0.05, 0) is 62.4 Å². The van der Waals surface area contributed by atoms with E-state index >= 15 is 0 Å². The maximum absolute atomic E-state index is 9.87. The molecule has 0 aromatic heterocycles. The van der Waals surface area contributed by atoms with Gasteiger partial charge >= 0.3 is 0 Å². The van der Waals surface area contributed by atoms with Crippen molar-refractivity contribution in [3.8, 4) is 0 Å². The quantitative estimate of drug-likeness (QED) is 0.570. The lowest BCUT2D eigenvalue weighted by molar-refractivity contribution is 0.0206. The van der Waals surface area contributed by atoms with Gasteiger partial charge in [-0.3, -0.25) is 0 Å². The van der Waals surface area contributed by atoms with E-state index in [1.54, 1.807) is 0 Å². The van der Waals surface area contributed by atoms with Crippen LogP contribution in [0.25, 0.3) is 0 Å². The van der Waals surface area contributed by atoms with Crippen LogP contribution in [0.4, 0.5) is 0 Å². The lowest BCUT2D eigenvalue weighted by Gasteiger charge is -2.42. The molecule has 0 spiro atoms. The van der Waals surface area contributed by atoms with Gasteiger partial charge < -0.3 is 14.3 Å². The molecule has 1 fully saturated rings. The molecule has 0 aliphatic heterocycles. The molecule has 0 heterocycles. The van der Waals surface area contributed by atoms with Crippen LogP contribution in [0.3, 0.4) is 0 Å². The predicted molar refractivity (Wildman–Crippen MR) is 93.7 cm³/mol. The smallest absolute Gasteiger partial charge is 0.241 e. The van der Waals surface area contributed by atoms with E-state index in [4.69, 9.17) is 16.3 Å². The van der Waals surface area contributed by atoms with E-state index in [0.29, 0.717) is 17.8 Å². The molecule has 1 rings (SSSR count). The summed E-state index contributed by atoms with van der Waals surface area (Å²) in [6.07, 6.45) is 3.68. The monoisotopic (exact) mass is 339 g/mol. The number of likely N-dealkylation sites (N-methyl/N-ethyl adjacent to an activating group) is 1. The van der Waals surface area contributed by atoms with Crippen LogP contribution < -0.4 is 0 Å². The SMILES string of the molecule is CC1CCC(C(C)C)C(C(CN(C)C)OP(O)(=S)S)C1. The van der Waals surface area contributed by atoms with Gasteiger partial charge in [-0.2, -0.15) is 0 Å². The first kappa shape index (κ1) is 18.9. The Balaban J connectivity index is 2.91. The summed E-state index contributed by atoms with van der Waals surface area (Å²) in [6, 6.07) is 0. The average Bonchev–Trinajstić information content (AvgIpc) is 2.24. The van der Waals surface area contributed by atoms with Crippen LogP contribution >= 0.6 is 17.9 Å². The fraction of sp³-hybridized carbons (Fsp3) is 1.00. The molecule has 1 saturated carbocycles. The Bertz CT molecular complexity index is 346. The summed E-state index contributed by atoms with van der Waals surface area (Å²) in [4.78, 5) is 12.0. The highest BCUT2D eigenvalue weighted by Gasteiger charge is 2.38. The normalized spacial score (nSPS) is 32.4. The zero-order valence-corrected chi connectivity index (χ0v) is 15.9. The number of hydrogen-bond donors (Lipinski definition) is 2. The summed E-state index contributed by atoms with van der Waals surface area (Å²) in [7, 11) is 4.07. The van der Waals surface area contributed by atoms with Crippen molar-refractivity contribution in [2.75, 3.05) is 20.6 Å². The van der Waals surface area contributed by atoms with Crippen molar-refractivity contribution in [3.05, 3.63) is 0 Å². The molecule has 3 nitrogen and oxygen atoms in total. The highest BCUT2D eigenvalue weighted by Crippen LogP contribution is 2.52. The van der Waals surface area contributed by atoms with Crippen molar-refractivity contribution < 1.29 is 9.42 Å². The standard InChI is InChI=1S/C14H30NO2PS2/c1-10(2)12-7-6-11(3)8-13(12)14(9-15(4)5)17-18(16,19)20/h10-14H,6-9H2,1-5H3,(H2,16,19,20). The van der Waals surface area contributed by atoms with Crippen molar-refractivity contribution in [1.29, 1.82) is 0 Å². The second-order valence-electron chi connectivity index (χ2n) is 6.89. The molecule has 0 aromatic rings. The van der Waals surface area contributed by atoms with Crippen molar-refractivity contribution in [2.45, 2.75) is 46.1 Å². The predicted octanol–water partition coefficient (Wildman–Crippen LogP) is 3.79. The van der Waals surface area contributed by atoms with Crippen LogP contribution in [-0.4, -0.2) is 36.5 Å². The minimum atomic E-state index is -2.92. The minimum Gasteiger partial charge on any atom is -0.338 e. The summed E-state index contributed by atoms with van der Waals surface area (Å²) in [5.74, 6) is 2.46. The van der Waals surface area contributed by atoms with Gasteiger partial charge in [0.25, 0.3) is 0 Å². The van der Waals surface area contributed by atoms with Crippen molar-refractivity contribution >= 4 is 29.7 Å². The van der Waals surface area contributed by atoms with Crippen LogP contribution in [-0.2, 0) is 16.3 Å². The van der Waals surface area contributed by atoms with Gasteiger partial charge in [0, 0.05) is 6.54 Å². The van der Waals surface area contributed by atoms with Gasteiger partial charge in [-0.15, -0.1) is 0 Å². The van der Waals surface area contributed by atoms with Crippen molar-refractivity contribution in [2.24, 2.45) is 23.7 Å². The maximum Gasteiger partial charge on any atom is 0.241 e. The molecule has 0 radical (unpaired) electrons. The average molecular weight is 340 g/mol. The highest BCUT2D eigenvalue weighted by molar-refractivity contribution is 8.59. The molecule has 0 aromatic carbocycles. The van der Waals surface area contributed by atoms with E-state index in [1.165, 1.54) is 12.8 Å². The van der Waals surface area contributed by atoms with E-state index in [-0.39, 0.29) is 6.10 Å². The van der Waals surface area contributed by atoms with E-state index in [1.807, 2.05) is 14.1 Å². The first-order chi connectivity index (χ1) is 9.10. The van der Waals surface area contributed by atoms with Crippen molar-refractivity contribution in [1.82, 2.24) is 4.90 Å². The fourth-order valence-corrected chi connectivity index (χ4v) is 4.76. The van der Waals surface area contributed by atoms with E-state index in [9.17, 15) is 4.89 Å². The molecule has 1 N–H and O–H groups in total. The molecule has 0 amide bonds. The topological polar surface area (TPSA) is 32.7 Å². The van der Waals surface area contributed by atoms with Gasteiger partial charge in [0.2, 0.25) is 5.69 Å². The van der Waals surface area contributed by atoms with E-state index in [0.717, 1.165) is 18.9 Å². The summed E-state index contributed by atoms with van der Waals surface area (Å²) in [6.45, 7) is 7.68.